The third-order valence-corrected chi connectivity index (χ3v) is 4.18. The molecule has 5 heteroatoms. The van der Waals surface area contributed by atoms with E-state index in [1.807, 2.05) is 42.5 Å². The lowest BCUT2D eigenvalue weighted by Crippen LogP contribution is -2.06. The van der Waals surface area contributed by atoms with Crippen molar-refractivity contribution in [1.82, 2.24) is 0 Å². The maximum atomic E-state index is 11.8. The molecule has 122 valence electrons. The van der Waals surface area contributed by atoms with Crippen LogP contribution in [0.3, 0.4) is 0 Å². The molecule has 2 aliphatic heterocycles. The molecule has 0 N–H and O–H groups in total. The van der Waals surface area contributed by atoms with Gasteiger partial charge in [0.15, 0.2) is 5.75 Å². The Morgan fingerprint density at radius 3 is 2.79 bits per heavy atom. The highest BCUT2D eigenvalue weighted by Gasteiger charge is 2.18. The van der Waals surface area contributed by atoms with E-state index in [1.165, 1.54) is 7.11 Å². The molecule has 2 aromatic carbocycles. The van der Waals surface area contributed by atoms with Gasteiger partial charge in [0.1, 0.15) is 12.4 Å². The van der Waals surface area contributed by atoms with Crippen molar-refractivity contribution < 1.29 is 24.0 Å². The Balaban J connectivity index is 1.74. The maximum Gasteiger partial charge on any atom is 0.333 e. The molecule has 0 amide bonds. The SMILES string of the molecule is COC(=O)C1=Cc2cc(-c3ccc4c(c3)OOC4)ccc2OCC1. The highest BCUT2D eigenvalue weighted by molar-refractivity contribution is 5.94. The van der Waals surface area contributed by atoms with E-state index in [9.17, 15) is 4.79 Å². The molecule has 0 radical (unpaired) electrons. The fourth-order valence-electron chi connectivity index (χ4n) is 2.88. The molecule has 0 aliphatic carbocycles. The van der Waals surface area contributed by atoms with Crippen molar-refractivity contribution in [2.24, 2.45) is 0 Å². The first-order valence-corrected chi connectivity index (χ1v) is 7.73. The molecule has 2 heterocycles. The highest BCUT2D eigenvalue weighted by Crippen LogP contribution is 2.35. The first-order chi connectivity index (χ1) is 11.7. The highest BCUT2D eigenvalue weighted by atomic mass is 17.2. The van der Waals surface area contributed by atoms with Crippen LogP contribution < -0.4 is 9.62 Å². The summed E-state index contributed by atoms with van der Waals surface area (Å²) in [6.45, 7) is 0.927. The molecule has 2 aliphatic rings. The van der Waals surface area contributed by atoms with E-state index >= 15 is 0 Å². The summed E-state index contributed by atoms with van der Waals surface area (Å²) in [7, 11) is 1.39. The quantitative estimate of drug-likeness (QED) is 0.625. The van der Waals surface area contributed by atoms with Crippen LogP contribution in [0.25, 0.3) is 17.2 Å². The molecular weight excluding hydrogens is 308 g/mol. The van der Waals surface area contributed by atoms with Gasteiger partial charge in [0, 0.05) is 23.1 Å². The van der Waals surface area contributed by atoms with Gasteiger partial charge in [-0.15, -0.1) is 0 Å². The zero-order valence-electron chi connectivity index (χ0n) is 13.2. The second-order valence-corrected chi connectivity index (χ2v) is 5.68. The number of hydrogen-bond acceptors (Lipinski definition) is 5. The molecule has 0 unspecified atom stereocenters. The van der Waals surface area contributed by atoms with E-state index in [1.54, 1.807) is 0 Å². The van der Waals surface area contributed by atoms with E-state index in [0.29, 0.717) is 25.2 Å². The van der Waals surface area contributed by atoms with Gasteiger partial charge < -0.3 is 14.4 Å². The zero-order valence-corrected chi connectivity index (χ0v) is 13.2. The number of hydrogen-bond donors (Lipinski definition) is 0. The van der Waals surface area contributed by atoms with Crippen LogP contribution in [0, 0.1) is 0 Å². The van der Waals surface area contributed by atoms with Crippen molar-refractivity contribution in [2.45, 2.75) is 13.0 Å². The van der Waals surface area contributed by atoms with Gasteiger partial charge in [-0.2, -0.15) is 4.89 Å². The van der Waals surface area contributed by atoms with Crippen LogP contribution in [-0.2, 0) is 21.0 Å². The Labute approximate surface area is 139 Å². The van der Waals surface area contributed by atoms with Crippen LogP contribution in [-0.4, -0.2) is 19.7 Å². The van der Waals surface area contributed by atoms with Crippen molar-refractivity contribution in [1.29, 1.82) is 0 Å². The predicted molar refractivity (Wildman–Crippen MR) is 87.4 cm³/mol. The number of benzene rings is 2. The molecule has 0 bridgehead atoms. The van der Waals surface area contributed by atoms with Crippen molar-refractivity contribution in [3.63, 3.8) is 0 Å². The van der Waals surface area contributed by atoms with Gasteiger partial charge >= 0.3 is 5.97 Å². The minimum atomic E-state index is -0.320. The van der Waals surface area contributed by atoms with E-state index in [-0.39, 0.29) is 5.97 Å². The summed E-state index contributed by atoms with van der Waals surface area (Å²) in [4.78, 5) is 22.0. The first kappa shape index (κ1) is 14.8. The predicted octanol–water partition coefficient (Wildman–Crippen LogP) is 3.52. The number of methoxy groups -OCH3 is 1. The van der Waals surface area contributed by atoms with E-state index < -0.39 is 0 Å². The number of ether oxygens (including phenoxy) is 2. The number of carbonyl (C=O) groups excluding carboxylic acids is 1. The van der Waals surface area contributed by atoms with Crippen LogP contribution >= 0.6 is 0 Å². The third-order valence-electron chi connectivity index (χ3n) is 4.18. The van der Waals surface area contributed by atoms with Crippen LogP contribution in [0.2, 0.25) is 0 Å². The molecule has 4 rings (SSSR count). The molecule has 0 aromatic heterocycles. The molecule has 0 spiro atoms. The van der Waals surface area contributed by atoms with Gasteiger partial charge in [0.05, 0.1) is 13.7 Å². The third kappa shape index (κ3) is 2.63. The topological polar surface area (TPSA) is 54.0 Å². The molecule has 24 heavy (non-hydrogen) atoms. The molecule has 0 atom stereocenters. The summed E-state index contributed by atoms with van der Waals surface area (Å²) >= 11 is 0. The Hall–Kier alpha value is -2.79. The Kier molecular flexibility index (Phi) is 3.70. The summed E-state index contributed by atoms with van der Waals surface area (Å²) in [5.74, 6) is 1.18. The maximum absolute atomic E-state index is 11.8. The normalized spacial score (nSPS) is 15.3. The van der Waals surface area contributed by atoms with Crippen LogP contribution in [0.15, 0.2) is 42.0 Å². The van der Waals surface area contributed by atoms with Crippen LogP contribution in [0.1, 0.15) is 17.5 Å². The Morgan fingerprint density at radius 1 is 1.08 bits per heavy atom. The second-order valence-electron chi connectivity index (χ2n) is 5.68. The number of rotatable bonds is 2. The smallest absolute Gasteiger partial charge is 0.333 e. The molecule has 0 fully saturated rings. The fraction of sp³-hybridized carbons (Fsp3) is 0.211. The molecular formula is C19H16O5. The van der Waals surface area contributed by atoms with Gasteiger partial charge in [0.2, 0.25) is 0 Å². The average molecular weight is 324 g/mol. The Bertz CT molecular complexity index is 838. The summed E-state index contributed by atoms with van der Waals surface area (Å²) in [6, 6.07) is 11.9. The van der Waals surface area contributed by atoms with Gasteiger partial charge in [-0.3, -0.25) is 0 Å². The van der Waals surface area contributed by atoms with E-state index in [4.69, 9.17) is 19.2 Å². The zero-order chi connectivity index (χ0) is 16.5. The fourth-order valence-corrected chi connectivity index (χ4v) is 2.88. The number of fused-ring (bicyclic) bond motifs is 2. The minimum Gasteiger partial charge on any atom is -0.493 e. The number of esters is 1. The average Bonchev–Trinajstić information content (AvgIpc) is 2.98. The first-order valence-electron chi connectivity index (χ1n) is 7.73. The molecule has 5 nitrogen and oxygen atoms in total. The molecule has 0 saturated heterocycles. The van der Waals surface area contributed by atoms with E-state index in [2.05, 4.69) is 0 Å². The van der Waals surface area contributed by atoms with Gasteiger partial charge in [-0.05, 0) is 35.4 Å². The standard InChI is InChI=1S/C19H16O5/c1-21-19(20)14-6-7-22-17-5-4-12(8-16(17)9-14)13-2-3-15-11-23-24-18(15)10-13/h2-5,8-10H,6-7,11H2,1H3. The lowest BCUT2D eigenvalue weighted by atomic mass is 9.99. The van der Waals surface area contributed by atoms with Crippen molar-refractivity contribution in [2.75, 3.05) is 13.7 Å². The molecule has 2 aromatic rings. The minimum absolute atomic E-state index is 0.320. The lowest BCUT2D eigenvalue weighted by molar-refractivity contribution is -0.194. The molecule has 0 saturated carbocycles. The van der Waals surface area contributed by atoms with Gasteiger partial charge in [0.25, 0.3) is 0 Å². The van der Waals surface area contributed by atoms with E-state index in [0.717, 1.165) is 33.8 Å². The van der Waals surface area contributed by atoms with Crippen LogP contribution in [0.4, 0.5) is 0 Å². The Morgan fingerprint density at radius 2 is 1.92 bits per heavy atom. The monoisotopic (exact) mass is 324 g/mol. The summed E-state index contributed by atoms with van der Waals surface area (Å²) in [5.41, 5.74) is 4.53. The summed E-state index contributed by atoms with van der Waals surface area (Å²) in [6.07, 6.45) is 2.37. The summed E-state index contributed by atoms with van der Waals surface area (Å²) < 4.78 is 10.6. The van der Waals surface area contributed by atoms with Crippen LogP contribution in [0.5, 0.6) is 11.5 Å². The van der Waals surface area contributed by atoms with Gasteiger partial charge in [-0.25, -0.2) is 4.79 Å². The van der Waals surface area contributed by atoms with Gasteiger partial charge in [-0.1, -0.05) is 18.2 Å². The van der Waals surface area contributed by atoms with Crippen molar-refractivity contribution >= 4 is 12.0 Å². The summed E-state index contributed by atoms with van der Waals surface area (Å²) in [5, 5.41) is 0. The lowest BCUT2D eigenvalue weighted by Gasteiger charge is -2.09. The number of carbonyl (C=O) groups is 1. The second kappa shape index (κ2) is 6.02. The van der Waals surface area contributed by atoms with Crippen molar-refractivity contribution in [3.8, 4) is 22.6 Å². The van der Waals surface area contributed by atoms with Crippen molar-refractivity contribution in [3.05, 3.63) is 53.1 Å². The largest absolute Gasteiger partial charge is 0.493 e.